The number of esters is 1. The summed E-state index contributed by atoms with van der Waals surface area (Å²) in [7, 11) is 1.32. The van der Waals surface area contributed by atoms with Crippen molar-refractivity contribution in [2.24, 2.45) is 28.6 Å². The number of fused-ring (bicyclic) bond motifs is 5. The summed E-state index contributed by atoms with van der Waals surface area (Å²) in [5, 5.41) is 5.94. The molecule has 2 unspecified atom stereocenters. The molecule has 1 heterocycles. The Kier molecular flexibility index (Phi) is 6.68. The van der Waals surface area contributed by atoms with Crippen molar-refractivity contribution in [2.45, 2.75) is 77.3 Å². The van der Waals surface area contributed by atoms with Gasteiger partial charge in [-0.15, -0.1) is 0 Å². The molecule has 7 atom stereocenters. The molecule has 3 fully saturated rings. The van der Waals surface area contributed by atoms with Crippen LogP contribution in [0.15, 0.2) is 11.6 Å². The number of carbonyl (C=O) groups is 3. The molecule has 0 spiro atoms. The van der Waals surface area contributed by atoms with Crippen LogP contribution in [0.5, 0.6) is 0 Å². The smallest absolute Gasteiger partial charge is 0.328 e. The molecule has 1 aliphatic heterocycles. The third kappa shape index (κ3) is 3.99. The maximum atomic E-state index is 13.2. The van der Waals surface area contributed by atoms with E-state index in [1.807, 2.05) is 12.3 Å². The van der Waals surface area contributed by atoms with Gasteiger partial charge in [-0.1, -0.05) is 26.3 Å². The van der Waals surface area contributed by atoms with E-state index in [2.05, 4.69) is 24.5 Å². The summed E-state index contributed by atoms with van der Waals surface area (Å²) in [4.78, 5) is 38.2. The Morgan fingerprint density at radius 3 is 2.72 bits per heavy atom. The number of methoxy groups -OCH3 is 1. The first-order chi connectivity index (χ1) is 15.2. The molecule has 7 heteroatoms. The van der Waals surface area contributed by atoms with Crippen LogP contribution in [-0.2, 0) is 19.1 Å². The predicted octanol–water partition coefficient (Wildman–Crippen LogP) is 3.45. The Balaban J connectivity index is 1.58. The van der Waals surface area contributed by atoms with Crippen LogP contribution in [0.3, 0.4) is 0 Å². The van der Waals surface area contributed by atoms with Gasteiger partial charge in [-0.05, 0) is 80.1 Å². The molecular weight excluding hydrogens is 424 g/mol. The average Bonchev–Trinajstić information content (AvgIpc) is 3.17. The zero-order chi connectivity index (χ0) is 23.1. The lowest BCUT2D eigenvalue weighted by Crippen LogP contribution is -2.61. The number of thioether (sulfide) groups is 1. The van der Waals surface area contributed by atoms with Crippen LogP contribution in [0.25, 0.3) is 0 Å². The van der Waals surface area contributed by atoms with E-state index in [0.29, 0.717) is 23.7 Å². The van der Waals surface area contributed by atoms with Crippen LogP contribution in [0, 0.1) is 28.6 Å². The quantitative estimate of drug-likeness (QED) is 0.467. The van der Waals surface area contributed by atoms with E-state index in [4.69, 9.17) is 4.74 Å². The predicted molar refractivity (Wildman–Crippen MR) is 126 cm³/mol. The van der Waals surface area contributed by atoms with Crippen molar-refractivity contribution in [3.63, 3.8) is 0 Å². The Bertz CT molecular complexity index is 814. The second kappa shape index (κ2) is 9.03. The number of ether oxygens (including phenoxy) is 1. The van der Waals surface area contributed by atoms with Gasteiger partial charge in [0.15, 0.2) is 0 Å². The molecule has 6 nitrogen and oxygen atoms in total. The standard InChI is InChI=1S/C25H38N2O4S/c1-24-11-5-6-17(24)15-7-8-20-25(2,18(15)9-12-24)14-16(22(29)27-20)21(28)26-19(10-13-32-4)23(30)31-3/h14-15,17-20H,5-13H2,1-4H3,(H,26,28)(H,27,29)/t15-,17-,18+,19?,20?,24-,25+/m0/s1. The number of amides is 2. The number of hydrogen-bond donors (Lipinski definition) is 2. The zero-order valence-corrected chi connectivity index (χ0v) is 20.7. The summed E-state index contributed by atoms with van der Waals surface area (Å²) in [5.41, 5.74) is 0.396. The molecule has 4 rings (SSSR count). The van der Waals surface area contributed by atoms with Crippen molar-refractivity contribution in [2.75, 3.05) is 19.1 Å². The molecule has 0 radical (unpaired) electrons. The van der Waals surface area contributed by atoms with E-state index in [9.17, 15) is 14.4 Å². The monoisotopic (exact) mass is 462 g/mol. The van der Waals surface area contributed by atoms with Gasteiger partial charge in [0.05, 0.1) is 7.11 Å². The molecule has 32 heavy (non-hydrogen) atoms. The Labute approximate surface area is 196 Å². The van der Waals surface area contributed by atoms with Gasteiger partial charge >= 0.3 is 5.97 Å². The fraction of sp³-hybridized carbons (Fsp3) is 0.800. The minimum Gasteiger partial charge on any atom is -0.467 e. The van der Waals surface area contributed by atoms with Crippen LogP contribution < -0.4 is 10.6 Å². The fourth-order valence-electron chi connectivity index (χ4n) is 7.46. The van der Waals surface area contributed by atoms with Gasteiger partial charge in [-0.25, -0.2) is 4.79 Å². The van der Waals surface area contributed by atoms with E-state index >= 15 is 0 Å². The Hall–Kier alpha value is -1.50. The van der Waals surface area contributed by atoms with Crippen LogP contribution >= 0.6 is 11.8 Å². The zero-order valence-electron chi connectivity index (χ0n) is 19.9. The summed E-state index contributed by atoms with van der Waals surface area (Å²) in [5.74, 6) is 1.36. The van der Waals surface area contributed by atoms with Crippen molar-refractivity contribution >= 4 is 29.5 Å². The Morgan fingerprint density at radius 1 is 1.22 bits per heavy atom. The van der Waals surface area contributed by atoms with Crippen LogP contribution in [0.1, 0.15) is 65.2 Å². The molecule has 0 aromatic carbocycles. The summed E-state index contributed by atoms with van der Waals surface area (Å²) in [6.45, 7) is 4.72. The third-order valence-electron chi connectivity index (χ3n) is 9.21. The summed E-state index contributed by atoms with van der Waals surface area (Å²) in [6, 6.07) is -0.668. The van der Waals surface area contributed by atoms with Gasteiger partial charge in [0, 0.05) is 11.5 Å². The van der Waals surface area contributed by atoms with Crippen molar-refractivity contribution < 1.29 is 19.1 Å². The van der Waals surface area contributed by atoms with E-state index in [0.717, 1.165) is 24.5 Å². The van der Waals surface area contributed by atoms with E-state index in [1.54, 1.807) is 11.8 Å². The van der Waals surface area contributed by atoms with Crippen LogP contribution in [-0.4, -0.2) is 49.0 Å². The second-order valence-corrected chi connectivity index (χ2v) is 11.8. The molecule has 0 aromatic heterocycles. The normalized spacial score (nSPS) is 39.0. The van der Waals surface area contributed by atoms with Gasteiger partial charge in [0.1, 0.15) is 11.6 Å². The number of hydrogen-bond acceptors (Lipinski definition) is 5. The first-order valence-corrected chi connectivity index (χ1v) is 13.5. The average molecular weight is 463 g/mol. The van der Waals surface area contributed by atoms with Gasteiger partial charge < -0.3 is 15.4 Å². The maximum Gasteiger partial charge on any atom is 0.328 e. The third-order valence-corrected chi connectivity index (χ3v) is 9.85. The molecule has 0 saturated heterocycles. The first kappa shape index (κ1) is 23.7. The molecule has 4 aliphatic rings. The minimum absolute atomic E-state index is 0.0754. The van der Waals surface area contributed by atoms with Crippen LogP contribution in [0.4, 0.5) is 0 Å². The molecule has 0 aromatic rings. The lowest BCUT2D eigenvalue weighted by atomic mass is 9.48. The highest BCUT2D eigenvalue weighted by Gasteiger charge is 2.58. The van der Waals surface area contributed by atoms with Gasteiger partial charge in [-0.2, -0.15) is 11.8 Å². The number of carbonyl (C=O) groups excluding carboxylic acids is 3. The lowest BCUT2D eigenvalue weighted by Gasteiger charge is -2.58. The van der Waals surface area contributed by atoms with Crippen molar-refractivity contribution in [3.05, 3.63) is 11.6 Å². The summed E-state index contributed by atoms with van der Waals surface area (Å²) >= 11 is 1.60. The van der Waals surface area contributed by atoms with Gasteiger partial charge in [0.25, 0.3) is 11.8 Å². The molecule has 3 saturated carbocycles. The van der Waals surface area contributed by atoms with E-state index in [-0.39, 0.29) is 22.9 Å². The maximum absolute atomic E-state index is 13.2. The van der Waals surface area contributed by atoms with E-state index < -0.39 is 17.9 Å². The first-order valence-electron chi connectivity index (χ1n) is 12.1. The van der Waals surface area contributed by atoms with Crippen molar-refractivity contribution in [1.82, 2.24) is 10.6 Å². The summed E-state index contributed by atoms with van der Waals surface area (Å²) in [6.07, 6.45) is 12.9. The van der Waals surface area contributed by atoms with E-state index in [1.165, 1.54) is 39.2 Å². The number of nitrogens with one attached hydrogen (secondary N) is 2. The van der Waals surface area contributed by atoms with Crippen LogP contribution in [0.2, 0.25) is 0 Å². The molecule has 178 valence electrons. The van der Waals surface area contributed by atoms with Gasteiger partial charge in [0.2, 0.25) is 0 Å². The molecule has 3 aliphatic carbocycles. The van der Waals surface area contributed by atoms with Crippen molar-refractivity contribution in [1.29, 1.82) is 0 Å². The summed E-state index contributed by atoms with van der Waals surface area (Å²) < 4.78 is 4.87. The highest BCUT2D eigenvalue weighted by Crippen LogP contribution is 2.63. The second-order valence-electron chi connectivity index (χ2n) is 10.8. The molecule has 2 amide bonds. The minimum atomic E-state index is -0.743. The highest BCUT2D eigenvalue weighted by atomic mass is 32.2. The molecular formula is C25H38N2O4S. The number of rotatable bonds is 6. The largest absolute Gasteiger partial charge is 0.467 e. The lowest BCUT2D eigenvalue weighted by molar-refractivity contribution is -0.145. The molecule has 2 N–H and O–H groups in total. The van der Waals surface area contributed by atoms with Gasteiger partial charge in [-0.3, -0.25) is 9.59 Å². The van der Waals surface area contributed by atoms with Crippen molar-refractivity contribution in [3.8, 4) is 0 Å². The SMILES string of the molecule is COC(=O)C(CCSC)NC(=O)C1=C[C@@]2(C)C(CC[C@@H]3[C@H]2CC[C@]2(C)CCC[C@@H]32)NC1=O. The topological polar surface area (TPSA) is 84.5 Å². The fourth-order valence-corrected chi connectivity index (χ4v) is 7.93. The molecule has 0 bridgehead atoms. The highest BCUT2D eigenvalue weighted by molar-refractivity contribution is 7.98. The Morgan fingerprint density at radius 2 is 2.00 bits per heavy atom.